The number of hydrogen-bond donors (Lipinski definition) is 2. The van der Waals surface area contributed by atoms with Crippen molar-refractivity contribution in [1.29, 1.82) is 0 Å². The van der Waals surface area contributed by atoms with Gasteiger partial charge in [0.25, 0.3) is 0 Å². The molecule has 0 aromatic heterocycles. The van der Waals surface area contributed by atoms with Crippen LogP contribution in [0.15, 0.2) is 4.99 Å². The van der Waals surface area contributed by atoms with Gasteiger partial charge in [0.05, 0.1) is 13.2 Å². The summed E-state index contributed by atoms with van der Waals surface area (Å²) in [6.45, 7) is 7.23. The Morgan fingerprint density at radius 1 is 1.35 bits per heavy atom. The number of guanidine groups is 1. The number of rotatable bonds is 8. The van der Waals surface area contributed by atoms with E-state index in [2.05, 4.69) is 22.5 Å². The van der Waals surface area contributed by atoms with Crippen molar-refractivity contribution in [3.05, 3.63) is 0 Å². The molecule has 0 aromatic carbocycles. The van der Waals surface area contributed by atoms with Crippen LogP contribution < -0.4 is 10.6 Å². The third-order valence-corrected chi connectivity index (χ3v) is 3.36. The van der Waals surface area contributed by atoms with Crippen LogP contribution in [0.25, 0.3) is 0 Å². The Hall–Kier alpha value is -0.0800. The van der Waals surface area contributed by atoms with Crippen molar-refractivity contribution < 1.29 is 9.47 Å². The molecule has 1 atom stereocenters. The van der Waals surface area contributed by atoms with E-state index < -0.39 is 0 Å². The Balaban J connectivity index is 0.00000200. The van der Waals surface area contributed by atoms with Crippen LogP contribution >= 0.6 is 24.0 Å². The predicted molar refractivity (Wildman–Crippen MR) is 91.9 cm³/mol. The van der Waals surface area contributed by atoms with Crippen molar-refractivity contribution in [2.24, 2.45) is 10.9 Å². The third kappa shape index (κ3) is 7.64. The molecule has 0 bridgehead atoms. The molecule has 1 heterocycles. The summed E-state index contributed by atoms with van der Waals surface area (Å²) in [6.07, 6.45) is 4.68. The summed E-state index contributed by atoms with van der Waals surface area (Å²) in [5.41, 5.74) is 0. The molecule has 2 rings (SSSR count). The molecule has 20 heavy (non-hydrogen) atoms. The average Bonchev–Trinajstić information content (AvgIpc) is 3.06. The second kappa shape index (κ2) is 10.6. The Bertz CT molecular complexity index is 280. The lowest BCUT2D eigenvalue weighted by Gasteiger charge is -2.10. The summed E-state index contributed by atoms with van der Waals surface area (Å²) in [5, 5.41) is 6.68. The zero-order chi connectivity index (χ0) is 13.3. The van der Waals surface area contributed by atoms with E-state index in [4.69, 9.17) is 9.47 Å². The molecule has 1 aliphatic heterocycles. The van der Waals surface area contributed by atoms with E-state index in [1.807, 2.05) is 0 Å². The molecular weight excluding hydrogens is 369 g/mol. The van der Waals surface area contributed by atoms with Crippen LogP contribution in [0.2, 0.25) is 0 Å². The minimum atomic E-state index is 0. The highest BCUT2D eigenvalue weighted by molar-refractivity contribution is 14.0. The number of nitrogens with zero attached hydrogens (tertiary/aromatic N) is 1. The van der Waals surface area contributed by atoms with Gasteiger partial charge in [0, 0.05) is 38.3 Å². The molecular formula is C14H28IN3O2. The second-order valence-electron chi connectivity index (χ2n) is 5.34. The molecule has 6 heteroatoms. The fourth-order valence-corrected chi connectivity index (χ4v) is 2.06. The summed E-state index contributed by atoms with van der Waals surface area (Å²) < 4.78 is 11.0. The number of hydrogen-bond acceptors (Lipinski definition) is 3. The summed E-state index contributed by atoms with van der Waals surface area (Å²) in [6, 6.07) is 0.649. The number of nitrogens with one attached hydrogen (secondary N) is 2. The van der Waals surface area contributed by atoms with Crippen molar-refractivity contribution >= 4 is 29.9 Å². The van der Waals surface area contributed by atoms with Gasteiger partial charge in [-0.05, 0) is 32.6 Å². The molecule has 5 nitrogen and oxygen atoms in total. The van der Waals surface area contributed by atoms with Gasteiger partial charge in [-0.3, -0.25) is 4.99 Å². The fraction of sp³-hybridized carbons (Fsp3) is 0.929. The standard InChI is InChI=1S/C14H27N3O2.HI/c1-2-15-14(17-13-4-5-13)16-7-3-8-18-10-12-6-9-19-11-12;/h12-13H,2-11H2,1H3,(H2,15,16,17);1H. The van der Waals surface area contributed by atoms with Gasteiger partial charge in [-0.1, -0.05) is 0 Å². The molecule has 118 valence electrons. The second-order valence-corrected chi connectivity index (χ2v) is 5.34. The smallest absolute Gasteiger partial charge is 0.191 e. The molecule has 2 N–H and O–H groups in total. The van der Waals surface area contributed by atoms with E-state index >= 15 is 0 Å². The van der Waals surface area contributed by atoms with E-state index in [1.54, 1.807) is 0 Å². The van der Waals surface area contributed by atoms with Gasteiger partial charge in [0.2, 0.25) is 0 Å². The van der Waals surface area contributed by atoms with Crippen LogP contribution in [-0.2, 0) is 9.47 Å². The molecule has 1 aliphatic carbocycles. The Kier molecular flexibility index (Phi) is 9.54. The summed E-state index contributed by atoms with van der Waals surface area (Å²) in [7, 11) is 0. The zero-order valence-electron chi connectivity index (χ0n) is 12.4. The van der Waals surface area contributed by atoms with Crippen LogP contribution in [-0.4, -0.2) is 51.5 Å². The minimum absolute atomic E-state index is 0. The number of aliphatic imine (C=N–C) groups is 1. The fourth-order valence-electron chi connectivity index (χ4n) is 2.06. The molecule has 0 aromatic rings. The van der Waals surface area contributed by atoms with Crippen molar-refractivity contribution in [2.75, 3.05) is 39.5 Å². The van der Waals surface area contributed by atoms with Gasteiger partial charge >= 0.3 is 0 Å². The van der Waals surface area contributed by atoms with Crippen LogP contribution in [0.4, 0.5) is 0 Å². The predicted octanol–water partition coefficient (Wildman–Crippen LogP) is 1.77. The SMILES string of the molecule is CCNC(=NCCCOCC1CCOC1)NC1CC1.I. The van der Waals surface area contributed by atoms with Crippen LogP contribution in [0.1, 0.15) is 32.6 Å². The first-order valence-electron chi connectivity index (χ1n) is 7.59. The highest BCUT2D eigenvalue weighted by atomic mass is 127. The lowest BCUT2D eigenvalue weighted by atomic mass is 10.1. The summed E-state index contributed by atoms with van der Waals surface area (Å²) >= 11 is 0. The van der Waals surface area contributed by atoms with Crippen LogP contribution in [0, 0.1) is 5.92 Å². The Labute approximate surface area is 139 Å². The molecule has 2 aliphatic rings. The highest BCUT2D eigenvalue weighted by Gasteiger charge is 2.21. The van der Waals surface area contributed by atoms with Crippen molar-refractivity contribution in [3.63, 3.8) is 0 Å². The van der Waals surface area contributed by atoms with Crippen molar-refractivity contribution in [2.45, 2.75) is 38.6 Å². The summed E-state index contributed by atoms with van der Waals surface area (Å²) in [4.78, 5) is 4.55. The maximum absolute atomic E-state index is 5.66. The Morgan fingerprint density at radius 3 is 2.85 bits per heavy atom. The number of halogens is 1. The Morgan fingerprint density at radius 2 is 2.20 bits per heavy atom. The molecule has 1 saturated carbocycles. The van der Waals surface area contributed by atoms with Crippen LogP contribution in [0.5, 0.6) is 0 Å². The maximum Gasteiger partial charge on any atom is 0.191 e. The topological polar surface area (TPSA) is 54.9 Å². The minimum Gasteiger partial charge on any atom is -0.381 e. The largest absolute Gasteiger partial charge is 0.381 e. The van der Waals surface area contributed by atoms with Gasteiger partial charge in [-0.2, -0.15) is 0 Å². The maximum atomic E-state index is 5.66. The van der Waals surface area contributed by atoms with Gasteiger partial charge in [0.15, 0.2) is 5.96 Å². The van der Waals surface area contributed by atoms with E-state index in [1.165, 1.54) is 12.8 Å². The third-order valence-electron chi connectivity index (χ3n) is 3.36. The van der Waals surface area contributed by atoms with Crippen molar-refractivity contribution in [1.82, 2.24) is 10.6 Å². The average molecular weight is 397 g/mol. The van der Waals surface area contributed by atoms with E-state index in [-0.39, 0.29) is 24.0 Å². The molecule has 0 amide bonds. The monoisotopic (exact) mass is 397 g/mol. The molecule has 0 spiro atoms. The van der Waals surface area contributed by atoms with Gasteiger partial charge in [-0.25, -0.2) is 0 Å². The van der Waals surface area contributed by atoms with E-state index in [0.717, 1.165) is 58.3 Å². The lowest BCUT2D eigenvalue weighted by molar-refractivity contribution is 0.0893. The highest BCUT2D eigenvalue weighted by Crippen LogP contribution is 2.18. The van der Waals surface area contributed by atoms with Gasteiger partial charge in [-0.15, -0.1) is 24.0 Å². The first kappa shape index (κ1) is 18.0. The lowest BCUT2D eigenvalue weighted by Crippen LogP contribution is -2.38. The van der Waals surface area contributed by atoms with Crippen LogP contribution in [0.3, 0.4) is 0 Å². The van der Waals surface area contributed by atoms with E-state index in [9.17, 15) is 0 Å². The van der Waals surface area contributed by atoms with Crippen molar-refractivity contribution in [3.8, 4) is 0 Å². The normalized spacial score (nSPS) is 22.4. The number of ether oxygens (including phenoxy) is 2. The molecule has 2 fully saturated rings. The first-order chi connectivity index (χ1) is 9.38. The molecule has 1 saturated heterocycles. The molecule has 1 unspecified atom stereocenters. The van der Waals surface area contributed by atoms with Gasteiger partial charge in [0.1, 0.15) is 0 Å². The quantitative estimate of drug-likeness (QED) is 0.284. The first-order valence-corrected chi connectivity index (χ1v) is 7.59. The molecule has 0 radical (unpaired) electrons. The van der Waals surface area contributed by atoms with Gasteiger partial charge < -0.3 is 20.1 Å². The zero-order valence-corrected chi connectivity index (χ0v) is 14.7. The summed E-state index contributed by atoms with van der Waals surface area (Å²) in [5.74, 6) is 1.56. The van der Waals surface area contributed by atoms with E-state index in [0.29, 0.717) is 12.0 Å².